The van der Waals surface area contributed by atoms with Gasteiger partial charge in [-0.2, -0.15) is 5.26 Å². The fourth-order valence-electron chi connectivity index (χ4n) is 5.59. The number of hydrogen-bond donors (Lipinski definition) is 2. The van der Waals surface area contributed by atoms with E-state index in [-0.39, 0.29) is 6.04 Å². The number of aryl methyl sites for hydroxylation is 1. The van der Waals surface area contributed by atoms with Gasteiger partial charge in [0.25, 0.3) is 0 Å². The third-order valence-corrected chi connectivity index (χ3v) is 7.70. The maximum Gasteiger partial charge on any atom is 0.184 e. The topological polar surface area (TPSA) is 93.2 Å². The minimum absolute atomic E-state index is 0.0146. The molecule has 2 aliphatic rings. The molecule has 2 aromatic heterocycles. The lowest BCUT2D eigenvalue weighted by Crippen LogP contribution is -2.53. The molecule has 2 aromatic carbocycles. The average molecular weight is 518 g/mol. The number of aromatic nitrogens is 3. The van der Waals surface area contributed by atoms with Crippen molar-refractivity contribution in [3.8, 4) is 6.07 Å². The van der Waals surface area contributed by atoms with Crippen molar-refractivity contribution in [2.45, 2.75) is 25.9 Å². The predicted molar refractivity (Wildman–Crippen MR) is 151 cm³/mol. The Morgan fingerprint density at radius 2 is 1.79 bits per heavy atom. The second-order valence-electron chi connectivity index (χ2n) is 10.0. The Hall–Kier alpha value is -4.29. The number of allylic oxidation sites excluding steroid dienone is 1. The van der Waals surface area contributed by atoms with E-state index in [1.54, 1.807) is 12.1 Å². The maximum atomic E-state index is 10.9. The number of nitrogens with zero attached hydrogens (tertiary/aromatic N) is 6. The number of nitrogens with one attached hydrogen (secondary N) is 1. The van der Waals surface area contributed by atoms with Crippen LogP contribution in [-0.4, -0.2) is 62.0 Å². The molecule has 8 nitrogen and oxygen atoms in total. The molecule has 39 heavy (non-hydrogen) atoms. The van der Waals surface area contributed by atoms with Crippen LogP contribution in [-0.2, 0) is 6.54 Å². The number of piperazine rings is 1. The first-order valence-electron chi connectivity index (χ1n) is 13.3. The van der Waals surface area contributed by atoms with Crippen LogP contribution in [0.4, 0.5) is 5.69 Å². The molecule has 2 N–H and O–H groups in total. The van der Waals surface area contributed by atoms with Crippen molar-refractivity contribution in [3.05, 3.63) is 113 Å². The fraction of sp³-hybridized carbons (Fsp3) is 0.258. The molecule has 0 bridgehead atoms. The third-order valence-electron chi connectivity index (χ3n) is 7.70. The number of benzene rings is 2. The lowest BCUT2D eigenvalue weighted by molar-refractivity contribution is -0.0128. The van der Waals surface area contributed by atoms with Gasteiger partial charge in [0.1, 0.15) is 5.82 Å². The summed E-state index contributed by atoms with van der Waals surface area (Å²) in [5, 5.41) is 23.1. The molecular weight excluding hydrogens is 486 g/mol. The maximum absolute atomic E-state index is 10.9. The fourth-order valence-corrected chi connectivity index (χ4v) is 5.59. The third kappa shape index (κ3) is 5.08. The molecule has 8 heteroatoms. The lowest BCUT2D eigenvalue weighted by atomic mass is 9.95. The van der Waals surface area contributed by atoms with Crippen molar-refractivity contribution in [3.63, 3.8) is 0 Å². The molecule has 196 valence electrons. The number of rotatable bonds is 6. The summed E-state index contributed by atoms with van der Waals surface area (Å²) in [5.74, 6) is 0.986. The van der Waals surface area contributed by atoms with Gasteiger partial charge in [-0.1, -0.05) is 30.3 Å². The predicted octanol–water partition coefficient (Wildman–Crippen LogP) is 4.11. The van der Waals surface area contributed by atoms with Crippen molar-refractivity contribution in [1.82, 2.24) is 24.3 Å². The van der Waals surface area contributed by atoms with E-state index in [9.17, 15) is 5.11 Å². The number of hydrogen-bond acceptors (Lipinski definition) is 7. The van der Waals surface area contributed by atoms with Gasteiger partial charge in [-0.15, -0.1) is 0 Å². The molecule has 4 aromatic rings. The zero-order valence-electron chi connectivity index (χ0n) is 21.9. The van der Waals surface area contributed by atoms with E-state index < -0.39 is 6.35 Å². The zero-order chi connectivity index (χ0) is 26.8. The van der Waals surface area contributed by atoms with Crippen molar-refractivity contribution in [2.24, 2.45) is 0 Å². The van der Waals surface area contributed by atoms with E-state index in [0.29, 0.717) is 18.7 Å². The Morgan fingerprint density at radius 1 is 1.00 bits per heavy atom. The summed E-state index contributed by atoms with van der Waals surface area (Å²) >= 11 is 0. The van der Waals surface area contributed by atoms with E-state index in [4.69, 9.17) is 10.2 Å². The SMILES string of the molecule is Cc1nccn1CC1=Cc2ccccc2C(N2CCN(C(O)Nc3ccc(C#N)cc3)CC2)c2ncccc21. The van der Waals surface area contributed by atoms with Crippen LogP contribution in [0, 0.1) is 18.3 Å². The molecule has 0 spiro atoms. The molecule has 1 saturated heterocycles. The normalized spacial score (nSPS) is 18.3. The van der Waals surface area contributed by atoms with Gasteiger partial charge in [-0.25, -0.2) is 4.98 Å². The number of anilines is 1. The minimum Gasteiger partial charge on any atom is -0.361 e. The zero-order valence-corrected chi connectivity index (χ0v) is 21.9. The Labute approximate surface area is 228 Å². The molecule has 1 aliphatic carbocycles. The molecule has 0 saturated carbocycles. The summed E-state index contributed by atoms with van der Waals surface area (Å²) in [6, 6.07) is 22.1. The van der Waals surface area contributed by atoms with E-state index in [2.05, 4.69) is 62.2 Å². The van der Waals surface area contributed by atoms with Crippen LogP contribution < -0.4 is 5.32 Å². The van der Waals surface area contributed by atoms with Crippen LogP contribution in [0.5, 0.6) is 0 Å². The molecule has 1 fully saturated rings. The van der Waals surface area contributed by atoms with Crippen LogP contribution in [0.3, 0.4) is 0 Å². The van der Waals surface area contributed by atoms with Gasteiger partial charge in [-0.3, -0.25) is 14.8 Å². The van der Waals surface area contributed by atoms with Crippen LogP contribution in [0.15, 0.2) is 79.3 Å². The van der Waals surface area contributed by atoms with Crippen molar-refractivity contribution >= 4 is 17.3 Å². The molecular formula is C31H31N7O. The molecule has 3 heterocycles. The van der Waals surface area contributed by atoms with E-state index >= 15 is 0 Å². The van der Waals surface area contributed by atoms with Crippen LogP contribution >= 0.6 is 0 Å². The number of imidazole rings is 1. The monoisotopic (exact) mass is 517 g/mol. The Morgan fingerprint density at radius 3 is 2.54 bits per heavy atom. The highest BCUT2D eigenvalue weighted by Gasteiger charge is 2.33. The Bertz CT molecular complexity index is 1530. The van der Waals surface area contributed by atoms with Gasteiger partial charge in [0, 0.05) is 62.6 Å². The van der Waals surface area contributed by atoms with Gasteiger partial charge < -0.3 is 15.0 Å². The number of aliphatic hydroxyl groups excluding tert-OH is 1. The highest BCUT2D eigenvalue weighted by molar-refractivity contribution is 5.85. The standard InChI is InChI=1S/C31H31N7O/c1-22-33-13-14-38(22)21-25-19-24-5-2-3-6-28(24)30(29-27(25)7-4-12-34-29)36-15-17-37(18-16-36)31(39)35-26-10-8-23(20-32)9-11-26/h2-14,19,30-31,35,39H,15-18,21H2,1H3. The number of aliphatic hydroxyl groups is 1. The van der Waals surface area contributed by atoms with Gasteiger partial charge in [0.15, 0.2) is 6.35 Å². The van der Waals surface area contributed by atoms with Gasteiger partial charge in [-0.05, 0) is 60.0 Å². The summed E-state index contributed by atoms with van der Waals surface area (Å²) in [5.41, 5.74) is 7.28. The van der Waals surface area contributed by atoms with Crippen LogP contribution in [0.2, 0.25) is 0 Å². The summed E-state index contributed by atoms with van der Waals surface area (Å²) in [4.78, 5) is 13.9. The Balaban J connectivity index is 1.25. The van der Waals surface area contributed by atoms with Gasteiger partial charge in [0.2, 0.25) is 0 Å². The highest BCUT2D eigenvalue weighted by atomic mass is 16.3. The average Bonchev–Trinajstić information content (AvgIpc) is 3.32. The van der Waals surface area contributed by atoms with E-state index in [1.807, 2.05) is 48.6 Å². The number of pyridine rings is 1. The molecule has 0 radical (unpaired) electrons. The summed E-state index contributed by atoms with van der Waals surface area (Å²) in [7, 11) is 0. The lowest BCUT2D eigenvalue weighted by Gasteiger charge is -2.41. The minimum atomic E-state index is -0.807. The molecule has 0 amide bonds. The van der Waals surface area contributed by atoms with E-state index in [1.165, 1.54) is 16.7 Å². The van der Waals surface area contributed by atoms with Crippen molar-refractivity contribution < 1.29 is 5.11 Å². The first-order valence-corrected chi connectivity index (χ1v) is 13.3. The number of fused-ring (bicyclic) bond motifs is 2. The van der Waals surface area contributed by atoms with Crippen molar-refractivity contribution in [1.29, 1.82) is 5.26 Å². The Kier molecular flexibility index (Phi) is 6.95. The van der Waals surface area contributed by atoms with Gasteiger partial charge in [0.05, 0.1) is 23.4 Å². The molecule has 2 unspecified atom stereocenters. The largest absolute Gasteiger partial charge is 0.361 e. The number of nitriles is 1. The van der Waals surface area contributed by atoms with Crippen molar-refractivity contribution in [2.75, 3.05) is 31.5 Å². The van der Waals surface area contributed by atoms with Gasteiger partial charge >= 0.3 is 0 Å². The summed E-state index contributed by atoms with van der Waals surface area (Å²) < 4.78 is 2.17. The second kappa shape index (κ2) is 10.8. The highest BCUT2D eigenvalue weighted by Crippen LogP contribution is 2.39. The summed E-state index contributed by atoms with van der Waals surface area (Å²) in [6.45, 7) is 5.75. The first-order chi connectivity index (χ1) is 19.1. The second-order valence-corrected chi connectivity index (χ2v) is 10.0. The molecule has 6 rings (SSSR count). The summed E-state index contributed by atoms with van der Waals surface area (Å²) in [6.07, 6.45) is 7.26. The molecule has 1 aliphatic heterocycles. The quantitative estimate of drug-likeness (QED) is 0.372. The van der Waals surface area contributed by atoms with Crippen LogP contribution in [0.1, 0.15) is 39.8 Å². The smallest absolute Gasteiger partial charge is 0.184 e. The van der Waals surface area contributed by atoms with E-state index in [0.717, 1.165) is 42.4 Å². The molecule has 2 atom stereocenters. The van der Waals surface area contributed by atoms with Crippen LogP contribution in [0.25, 0.3) is 11.6 Å². The first kappa shape index (κ1) is 25.0.